The number of aromatic nitrogens is 1. The lowest BCUT2D eigenvalue weighted by Crippen LogP contribution is -2.04. The van der Waals surface area contributed by atoms with Crippen molar-refractivity contribution >= 4 is 5.97 Å². The van der Waals surface area contributed by atoms with Gasteiger partial charge >= 0.3 is 12.1 Å². The average Bonchev–Trinajstić information content (AvgIpc) is 3.11. The number of ether oxygens (including phenoxy) is 1. The zero-order chi connectivity index (χ0) is 18.7. The molecule has 1 heterocycles. The van der Waals surface area contributed by atoms with Gasteiger partial charge in [0.15, 0.2) is 0 Å². The maximum Gasteiger partial charge on any atom is 0.416 e. The third kappa shape index (κ3) is 3.77. The van der Waals surface area contributed by atoms with Gasteiger partial charge in [-0.15, -0.1) is 0 Å². The summed E-state index contributed by atoms with van der Waals surface area (Å²) in [7, 11) is 0. The number of hydrogen-bond donors (Lipinski definition) is 0. The van der Waals surface area contributed by atoms with Crippen LogP contribution in [0.2, 0.25) is 0 Å². The maximum absolute atomic E-state index is 12.6. The number of esters is 1. The topological polar surface area (TPSA) is 52.3 Å². The summed E-state index contributed by atoms with van der Waals surface area (Å²) in [5.74, 6) is -0.201. The quantitative estimate of drug-likeness (QED) is 0.599. The molecular weight excluding hydrogens is 347 g/mol. The molecule has 0 radical (unpaired) electrons. The van der Waals surface area contributed by atoms with Crippen molar-refractivity contribution in [3.63, 3.8) is 0 Å². The van der Waals surface area contributed by atoms with Crippen LogP contribution in [0.4, 0.5) is 13.2 Å². The summed E-state index contributed by atoms with van der Waals surface area (Å²) >= 11 is 0. The molecule has 0 bridgehead atoms. The third-order valence-electron chi connectivity index (χ3n) is 3.66. The maximum atomic E-state index is 12.6. The molecule has 4 nitrogen and oxygen atoms in total. The van der Waals surface area contributed by atoms with Crippen molar-refractivity contribution < 1.29 is 27.1 Å². The Morgan fingerprint density at radius 3 is 2.23 bits per heavy atom. The zero-order valence-electron chi connectivity index (χ0n) is 13.7. The molecule has 3 rings (SSSR count). The smallest absolute Gasteiger partial charge is 0.416 e. The molecule has 134 valence electrons. The molecule has 3 aromatic rings. The summed E-state index contributed by atoms with van der Waals surface area (Å²) in [4.78, 5) is 15.9. The molecular formula is C19H14F3NO3. The lowest BCUT2D eigenvalue weighted by atomic mass is 10.1. The monoisotopic (exact) mass is 361 g/mol. The number of alkyl halides is 3. The highest BCUT2D eigenvalue weighted by atomic mass is 19.4. The summed E-state index contributed by atoms with van der Waals surface area (Å²) in [5, 5.41) is 0. The van der Waals surface area contributed by atoms with Gasteiger partial charge in [-0.25, -0.2) is 9.78 Å². The minimum Gasteiger partial charge on any atom is -0.462 e. The van der Waals surface area contributed by atoms with Gasteiger partial charge < -0.3 is 9.15 Å². The minimum atomic E-state index is -4.39. The predicted octanol–water partition coefficient (Wildman–Crippen LogP) is 5.20. The fraction of sp³-hybridized carbons (Fsp3) is 0.158. The average molecular weight is 361 g/mol. The van der Waals surface area contributed by atoms with Gasteiger partial charge in [0.05, 0.1) is 17.7 Å². The van der Waals surface area contributed by atoms with Crippen molar-refractivity contribution in [2.75, 3.05) is 6.61 Å². The van der Waals surface area contributed by atoms with Gasteiger partial charge in [0.1, 0.15) is 12.0 Å². The molecule has 0 saturated heterocycles. The number of rotatable bonds is 4. The SMILES string of the molecule is CCOC(=O)c1ccc(-c2coc(-c3ccc(C(F)(F)F)cc3)n2)cc1. The molecule has 0 unspecified atom stereocenters. The van der Waals surface area contributed by atoms with Gasteiger partial charge in [-0.05, 0) is 43.3 Å². The summed E-state index contributed by atoms with van der Waals surface area (Å²) in [6.45, 7) is 2.02. The normalized spacial score (nSPS) is 11.4. The number of carbonyl (C=O) groups is 1. The molecule has 1 aromatic heterocycles. The predicted molar refractivity (Wildman–Crippen MR) is 88.3 cm³/mol. The van der Waals surface area contributed by atoms with E-state index >= 15 is 0 Å². The van der Waals surface area contributed by atoms with Crippen LogP contribution < -0.4 is 0 Å². The Bertz CT molecular complexity index is 897. The van der Waals surface area contributed by atoms with Crippen LogP contribution in [0.15, 0.2) is 59.2 Å². The second kappa shape index (κ2) is 7.03. The molecule has 0 aliphatic carbocycles. The molecule has 0 aliphatic heterocycles. The Hall–Kier alpha value is -3.09. The van der Waals surface area contributed by atoms with Gasteiger partial charge in [-0.3, -0.25) is 0 Å². The Kier molecular flexibility index (Phi) is 4.79. The number of nitrogens with zero attached hydrogens (tertiary/aromatic N) is 1. The van der Waals surface area contributed by atoms with E-state index in [0.29, 0.717) is 29.0 Å². The van der Waals surface area contributed by atoms with E-state index in [9.17, 15) is 18.0 Å². The Morgan fingerprint density at radius 2 is 1.65 bits per heavy atom. The highest BCUT2D eigenvalue weighted by Gasteiger charge is 2.30. The number of carbonyl (C=O) groups excluding carboxylic acids is 1. The van der Waals surface area contributed by atoms with Gasteiger partial charge in [0.25, 0.3) is 0 Å². The van der Waals surface area contributed by atoms with E-state index in [4.69, 9.17) is 9.15 Å². The van der Waals surface area contributed by atoms with E-state index < -0.39 is 17.7 Å². The minimum absolute atomic E-state index is 0.211. The number of halogens is 3. The van der Waals surface area contributed by atoms with Crippen molar-refractivity contribution in [3.05, 3.63) is 65.9 Å². The van der Waals surface area contributed by atoms with Crippen LogP contribution in [0.25, 0.3) is 22.7 Å². The first-order chi connectivity index (χ1) is 12.4. The van der Waals surface area contributed by atoms with E-state index in [2.05, 4.69) is 4.98 Å². The Balaban J connectivity index is 1.80. The van der Waals surface area contributed by atoms with Gasteiger partial charge in [-0.1, -0.05) is 12.1 Å². The number of oxazole rings is 1. The molecule has 0 N–H and O–H groups in total. The molecule has 26 heavy (non-hydrogen) atoms. The van der Waals surface area contributed by atoms with Crippen molar-refractivity contribution in [2.45, 2.75) is 13.1 Å². The van der Waals surface area contributed by atoms with E-state index in [1.54, 1.807) is 31.2 Å². The Morgan fingerprint density at radius 1 is 1.04 bits per heavy atom. The first kappa shape index (κ1) is 17.7. The van der Waals surface area contributed by atoms with Crippen LogP contribution in [0.1, 0.15) is 22.8 Å². The Labute approximate surface area is 147 Å². The lowest BCUT2D eigenvalue weighted by molar-refractivity contribution is -0.137. The van der Waals surface area contributed by atoms with Crippen LogP contribution in [-0.2, 0) is 10.9 Å². The first-order valence-corrected chi connectivity index (χ1v) is 7.79. The van der Waals surface area contributed by atoms with Crippen molar-refractivity contribution in [1.82, 2.24) is 4.98 Å². The van der Waals surface area contributed by atoms with Crippen LogP contribution in [0.3, 0.4) is 0 Å². The highest BCUT2D eigenvalue weighted by Crippen LogP contribution is 2.31. The fourth-order valence-corrected chi connectivity index (χ4v) is 2.33. The molecule has 2 aromatic carbocycles. The lowest BCUT2D eigenvalue weighted by Gasteiger charge is -2.06. The highest BCUT2D eigenvalue weighted by molar-refractivity contribution is 5.90. The fourth-order valence-electron chi connectivity index (χ4n) is 2.33. The van der Waals surface area contributed by atoms with Crippen LogP contribution in [0, 0.1) is 0 Å². The molecule has 0 amide bonds. The molecule has 0 spiro atoms. The summed E-state index contributed by atoms with van der Waals surface area (Å²) in [5.41, 5.74) is 1.34. The van der Waals surface area contributed by atoms with E-state index in [1.807, 2.05) is 0 Å². The van der Waals surface area contributed by atoms with Crippen LogP contribution in [0.5, 0.6) is 0 Å². The summed E-state index contributed by atoms with van der Waals surface area (Å²) in [6, 6.07) is 11.2. The standard InChI is InChI=1S/C19H14F3NO3/c1-2-25-18(24)14-5-3-12(4-6-14)16-11-26-17(23-16)13-7-9-15(10-8-13)19(20,21)22/h3-11H,2H2,1H3. The molecule has 0 atom stereocenters. The van der Waals surface area contributed by atoms with Crippen molar-refractivity contribution in [3.8, 4) is 22.7 Å². The number of hydrogen-bond acceptors (Lipinski definition) is 4. The van der Waals surface area contributed by atoms with Crippen molar-refractivity contribution in [1.29, 1.82) is 0 Å². The van der Waals surface area contributed by atoms with E-state index in [0.717, 1.165) is 12.1 Å². The molecule has 7 heteroatoms. The summed E-state index contributed by atoms with van der Waals surface area (Å²) < 4.78 is 48.1. The zero-order valence-corrected chi connectivity index (χ0v) is 13.7. The molecule has 0 saturated carbocycles. The molecule has 0 aliphatic rings. The van der Waals surface area contributed by atoms with E-state index in [1.165, 1.54) is 18.4 Å². The largest absolute Gasteiger partial charge is 0.462 e. The van der Waals surface area contributed by atoms with E-state index in [-0.39, 0.29) is 5.89 Å². The van der Waals surface area contributed by atoms with Crippen molar-refractivity contribution in [2.24, 2.45) is 0 Å². The second-order valence-electron chi connectivity index (χ2n) is 5.41. The second-order valence-corrected chi connectivity index (χ2v) is 5.41. The van der Waals surface area contributed by atoms with Gasteiger partial charge in [0.2, 0.25) is 5.89 Å². The van der Waals surface area contributed by atoms with Crippen LogP contribution in [-0.4, -0.2) is 17.6 Å². The third-order valence-corrected chi connectivity index (χ3v) is 3.66. The first-order valence-electron chi connectivity index (χ1n) is 7.79. The van der Waals surface area contributed by atoms with Crippen LogP contribution >= 0.6 is 0 Å². The molecule has 0 fully saturated rings. The van der Waals surface area contributed by atoms with Gasteiger partial charge in [-0.2, -0.15) is 13.2 Å². The number of benzene rings is 2. The summed E-state index contributed by atoms with van der Waals surface area (Å²) in [6.07, 6.45) is -2.98. The van der Waals surface area contributed by atoms with Gasteiger partial charge in [0, 0.05) is 11.1 Å².